The first-order valence-corrected chi connectivity index (χ1v) is 8.47. The van der Waals surface area contributed by atoms with Crippen LogP contribution in [0.1, 0.15) is 49.3 Å². The van der Waals surface area contributed by atoms with Crippen molar-refractivity contribution >= 4 is 11.1 Å². The summed E-state index contributed by atoms with van der Waals surface area (Å²) < 4.78 is 13.1. The van der Waals surface area contributed by atoms with Crippen LogP contribution in [0.15, 0.2) is 16.5 Å². The standard InChI is InChI=1S/C19H17N3O4/c1-9-21-14-11(5-4-10(8-20)15(14)25-9)22-16(23)12-13(17(22)24)19(3)7-6-18(12,2)26-19/h4-5,23-24H,6-7H2,1-3H3. The summed E-state index contributed by atoms with van der Waals surface area (Å²) in [5.41, 5.74) is 1.58. The molecule has 2 unspecified atom stereocenters. The summed E-state index contributed by atoms with van der Waals surface area (Å²) in [7, 11) is 0. The number of hydrogen-bond acceptors (Lipinski definition) is 6. The Bertz CT molecular complexity index is 1110. The highest BCUT2D eigenvalue weighted by Gasteiger charge is 2.59. The zero-order valence-corrected chi connectivity index (χ0v) is 14.6. The highest BCUT2D eigenvalue weighted by atomic mass is 16.5. The number of oxazole rings is 1. The quantitative estimate of drug-likeness (QED) is 0.696. The average molecular weight is 351 g/mol. The lowest BCUT2D eigenvalue weighted by Crippen LogP contribution is -2.17. The topological polar surface area (TPSA) is 104 Å². The fourth-order valence-electron chi connectivity index (χ4n) is 4.57. The average Bonchev–Trinajstić information content (AvgIpc) is 3.25. The summed E-state index contributed by atoms with van der Waals surface area (Å²) in [4.78, 5) is 4.36. The fraction of sp³-hybridized carbons (Fsp3) is 0.368. The van der Waals surface area contributed by atoms with E-state index in [2.05, 4.69) is 11.1 Å². The molecular weight excluding hydrogens is 334 g/mol. The Morgan fingerprint density at radius 3 is 2.35 bits per heavy atom. The largest absolute Gasteiger partial charge is 0.494 e. The Morgan fingerprint density at radius 1 is 1.15 bits per heavy atom. The lowest BCUT2D eigenvalue weighted by Gasteiger charge is -2.21. The van der Waals surface area contributed by atoms with Crippen molar-refractivity contribution in [1.82, 2.24) is 9.55 Å². The maximum Gasteiger partial charge on any atom is 0.205 e. The Morgan fingerprint density at radius 2 is 1.77 bits per heavy atom. The van der Waals surface area contributed by atoms with E-state index in [9.17, 15) is 15.5 Å². The van der Waals surface area contributed by atoms with E-state index in [1.54, 1.807) is 19.1 Å². The van der Waals surface area contributed by atoms with Crippen LogP contribution in [0.2, 0.25) is 0 Å². The second-order valence-corrected chi connectivity index (χ2v) is 7.45. The summed E-state index contributed by atoms with van der Waals surface area (Å²) in [6.07, 6.45) is 1.55. The van der Waals surface area contributed by atoms with Crippen LogP contribution in [-0.4, -0.2) is 19.8 Å². The minimum Gasteiger partial charge on any atom is -0.494 e. The molecular formula is C19H17N3O4. The van der Waals surface area contributed by atoms with E-state index in [1.807, 2.05) is 13.8 Å². The predicted molar refractivity (Wildman–Crippen MR) is 91.1 cm³/mol. The maximum atomic E-state index is 11.0. The molecule has 1 fully saturated rings. The van der Waals surface area contributed by atoms with Gasteiger partial charge in [0.2, 0.25) is 11.8 Å². The van der Waals surface area contributed by atoms with Gasteiger partial charge in [-0.25, -0.2) is 9.55 Å². The van der Waals surface area contributed by atoms with E-state index in [1.165, 1.54) is 4.57 Å². The molecule has 5 rings (SSSR count). The Hall–Kier alpha value is -2.98. The van der Waals surface area contributed by atoms with Crippen molar-refractivity contribution in [1.29, 1.82) is 5.26 Å². The van der Waals surface area contributed by atoms with Crippen LogP contribution in [0.25, 0.3) is 16.8 Å². The van der Waals surface area contributed by atoms with Crippen molar-refractivity contribution in [3.63, 3.8) is 0 Å². The predicted octanol–water partition coefficient (Wildman–Crippen LogP) is 3.46. The number of rotatable bonds is 1. The van der Waals surface area contributed by atoms with E-state index in [-0.39, 0.29) is 11.8 Å². The maximum absolute atomic E-state index is 11.0. The van der Waals surface area contributed by atoms with Crippen molar-refractivity contribution in [2.75, 3.05) is 0 Å². The first-order chi connectivity index (χ1) is 12.3. The molecule has 7 heteroatoms. The zero-order chi connectivity index (χ0) is 18.4. The number of fused-ring (bicyclic) bond motifs is 6. The van der Waals surface area contributed by atoms with Crippen molar-refractivity contribution in [2.24, 2.45) is 0 Å². The first kappa shape index (κ1) is 15.3. The molecule has 1 saturated heterocycles. The van der Waals surface area contributed by atoms with Gasteiger partial charge in [0.25, 0.3) is 0 Å². The molecule has 0 radical (unpaired) electrons. The third kappa shape index (κ3) is 1.58. The number of hydrogen-bond donors (Lipinski definition) is 2. The Labute approximate surface area is 149 Å². The van der Waals surface area contributed by atoms with Gasteiger partial charge in [0.1, 0.15) is 11.6 Å². The minimum absolute atomic E-state index is 0.0601. The third-order valence-corrected chi connectivity index (χ3v) is 5.70. The first-order valence-electron chi connectivity index (χ1n) is 8.47. The smallest absolute Gasteiger partial charge is 0.205 e. The van der Waals surface area contributed by atoms with Gasteiger partial charge < -0.3 is 19.4 Å². The van der Waals surface area contributed by atoms with E-state index in [4.69, 9.17) is 9.15 Å². The van der Waals surface area contributed by atoms with Gasteiger partial charge in [-0.1, -0.05) is 0 Å². The van der Waals surface area contributed by atoms with Crippen LogP contribution in [0.4, 0.5) is 0 Å². The molecule has 2 aliphatic rings. The van der Waals surface area contributed by atoms with Crippen molar-refractivity contribution in [2.45, 2.75) is 44.8 Å². The minimum atomic E-state index is -0.623. The number of ether oxygens (including phenoxy) is 1. The Balaban J connectivity index is 1.86. The second kappa shape index (κ2) is 4.40. The molecule has 7 nitrogen and oxygen atoms in total. The van der Waals surface area contributed by atoms with Crippen LogP contribution in [0.3, 0.4) is 0 Å². The molecule has 0 aliphatic carbocycles. The Kier molecular flexibility index (Phi) is 2.59. The van der Waals surface area contributed by atoms with Gasteiger partial charge in [0.15, 0.2) is 11.5 Å². The molecule has 3 aromatic rings. The van der Waals surface area contributed by atoms with Gasteiger partial charge in [-0.3, -0.25) is 0 Å². The van der Waals surface area contributed by atoms with Gasteiger partial charge in [-0.2, -0.15) is 5.26 Å². The second-order valence-electron chi connectivity index (χ2n) is 7.45. The molecule has 0 amide bonds. The molecule has 26 heavy (non-hydrogen) atoms. The van der Waals surface area contributed by atoms with Gasteiger partial charge in [0.05, 0.1) is 33.6 Å². The molecule has 132 valence electrons. The SMILES string of the molecule is Cc1nc2c(-n3c(O)c4c(c3O)C3(C)CCC4(C)O3)ccc(C#N)c2o1. The van der Waals surface area contributed by atoms with Crippen LogP contribution >= 0.6 is 0 Å². The molecule has 2 atom stereocenters. The number of benzene rings is 1. The number of nitriles is 1. The molecule has 2 N–H and O–H groups in total. The van der Waals surface area contributed by atoms with Crippen molar-refractivity contribution in [3.05, 3.63) is 34.7 Å². The molecule has 2 bridgehead atoms. The van der Waals surface area contributed by atoms with Crippen LogP contribution in [0.5, 0.6) is 11.8 Å². The van der Waals surface area contributed by atoms with Crippen LogP contribution in [0, 0.1) is 18.3 Å². The van der Waals surface area contributed by atoms with Gasteiger partial charge >= 0.3 is 0 Å². The summed E-state index contributed by atoms with van der Waals surface area (Å²) in [5.74, 6) is 0.287. The molecule has 1 aromatic carbocycles. The summed E-state index contributed by atoms with van der Waals surface area (Å²) >= 11 is 0. The fourth-order valence-corrected chi connectivity index (χ4v) is 4.57. The van der Waals surface area contributed by atoms with Gasteiger partial charge in [-0.05, 0) is 38.8 Å². The van der Waals surface area contributed by atoms with E-state index in [0.29, 0.717) is 39.4 Å². The lowest BCUT2D eigenvalue weighted by molar-refractivity contribution is -0.0683. The molecule has 2 aromatic heterocycles. The number of nitrogens with zero attached hydrogens (tertiary/aromatic N) is 3. The highest BCUT2D eigenvalue weighted by Crippen LogP contribution is 2.64. The van der Waals surface area contributed by atoms with Crippen LogP contribution in [-0.2, 0) is 15.9 Å². The van der Waals surface area contributed by atoms with E-state index >= 15 is 0 Å². The molecule has 2 aliphatic heterocycles. The number of aromatic nitrogens is 2. The monoisotopic (exact) mass is 351 g/mol. The zero-order valence-electron chi connectivity index (χ0n) is 14.6. The summed E-state index contributed by atoms with van der Waals surface area (Å²) in [5, 5.41) is 31.3. The lowest BCUT2D eigenvalue weighted by atomic mass is 9.80. The van der Waals surface area contributed by atoms with Crippen LogP contribution < -0.4 is 0 Å². The molecule has 0 saturated carbocycles. The number of aromatic hydroxyl groups is 2. The van der Waals surface area contributed by atoms with Gasteiger partial charge in [-0.15, -0.1) is 0 Å². The van der Waals surface area contributed by atoms with Crippen molar-refractivity contribution < 1.29 is 19.4 Å². The van der Waals surface area contributed by atoms with Crippen molar-refractivity contribution in [3.8, 4) is 23.5 Å². The highest BCUT2D eigenvalue weighted by molar-refractivity contribution is 5.88. The summed E-state index contributed by atoms with van der Waals surface area (Å²) in [6.45, 7) is 5.56. The normalized spacial score (nSPS) is 26.4. The van der Waals surface area contributed by atoms with E-state index < -0.39 is 11.2 Å². The number of aryl methyl sites for hydroxylation is 1. The third-order valence-electron chi connectivity index (χ3n) is 5.70. The van der Waals surface area contributed by atoms with Gasteiger partial charge in [0, 0.05) is 6.92 Å². The molecule has 4 heterocycles. The molecule has 0 spiro atoms. The van der Waals surface area contributed by atoms with E-state index in [0.717, 1.165) is 12.8 Å². The summed E-state index contributed by atoms with van der Waals surface area (Å²) in [6, 6.07) is 5.33.